The van der Waals surface area contributed by atoms with Crippen LogP contribution in [0, 0.1) is 3.57 Å². The summed E-state index contributed by atoms with van der Waals surface area (Å²) in [5.41, 5.74) is 3.49. The molecule has 2 N–H and O–H groups in total. The lowest BCUT2D eigenvalue weighted by molar-refractivity contribution is 0.102. The molecule has 1 aliphatic rings. The molecule has 4 nitrogen and oxygen atoms in total. The first-order chi connectivity index (χ1) is 11.6. The van der Waals surface area contributed by atoms with Crippen molar-refractivity contribution in [1.29, 1.82) is 0 Å². The molecule has 1 amide bonds. The van der Waals surface area contributed by atoms with Crippen LogP contribution in [0.3, 0.4) is 0 Å². The predicted molar refractivity (Wildman–Crippen MR) is 107 cm³/mol. The molecule has 1 heterocycles. The fraction of sp³-hybridized carbons (Fsp3) is 0.278. The van der Waals surface area contributed by atoms with E-state index in [1.165, 1.54) is 5.56 Å². The Morgan fingerprint density at radius 3 is 2.83 bits per heavy atom. The van der Waals surface area contributed by atoms with Gasteiger partial charge in [-0.15, -0.1) is 0 Å². The maximum atomic E-state index is 12.6. The highest BCUT2D eigenvalue weighted by Gasteiger charge is 2.16. The molecule has 0 saturated heterocycles. The Morgan fingerprint density at radius 1 is 1.25 bits per heavy atom. The number of benzene rings is 2. The van der Waals surface area contributed by atoms with E-state index in [2.05, 4.69) is 33.2 Å². The molecule has 3 rings (SSSR count). The van der Waals surface area contributed by atoms with E-state index in [9.17, 15) is 4.79 Å². The standard InChI is InChI=1S/C18H18ClIN2O2/c1-24-17-10-15-11(4-2-3-5-21-15)8-16(17)22-18(23)12-6-13(19)9-14(20)7-12/h6-10,21H,2-5H2,1H3,(H,22,23). The Morgan fingerprint density at radius 2 is 2.08 bits per heavy atom. The number of amides is 1. The van der Waals surface area contributed by atoms with E-state index in [1.54, 1.807) is 19.2 Å². The van der Waals surface area contributed by atoms with Crippen LogP contribution in [0.1, 0.15) is 28.8 Å². The minimum Gasteiger partial charge on any atom is -0.494 e. The van der Waals surface area contributed by atoms with Gasteiger partial charge in [0.05, 0.1) is 12.8 Å². The summed E-state index contributed by atoms with van der Waals surface area (Å²) in [6.45, 7) is 0.961. The van der Waals surface area contributed by atoms with Crippen molar-refractivity contribution < 1.29 is 9.53 Å². The lowest BCUT2D eigenvalue weighted by Gasteiger charge is -2.15. The zero-order valence-electron chi connectivity index (χ0n) is 13.3. The summed E-state index contributed by atoms with van der Waals surface area (Å²) < 4.78 is 6.37. The summed E-state index contributed by atoms with van der Waals surface area (Å²) in [6, 6.07) is 9.24. The lowest BCUT2D eigenvalue weighted by atomic mass is 10.1. The van der Waals surface area contributed by atoms with Crippen molar-refractivity contribution in [3.05, 3.63) is 50.1 Å². The van der Waals surface area contributed by atoms with Crippen molar-refractivity contribution in [2.45, 2.75) is 19.3 Å². The Kier molecular flexibility index (Phi) is 5.50. The van der Waals surface area contributed by atoms with E-state index in [1.807, 2.05) is 18.2 Å². The largest absolute Gasteiger partial charge is 0.494 e. The van der Waals surface area contributed by atoms with Crippen molar-refractivity contribution in [2.75, 3.05) is 24.3 Å². The fourth-order valence-electron chi connectivity index (χ4n) is 2.81. The first kappa shape index (κ1) is 17.4. The molecule has 0 radical (unpaired) electrons. The number of methoxy groups -OCH3 is 1. The molecule has 126 valence electrons. The number of halogens is 2. The number of ether oxygens (including phenoxy) is 1. The van der Waals surface area contributed by atoms with Crippen molar-refractivity contribution in [3.63, 3.8) is 0 Å². The van der Waals surface area contributed by atoms with E-state index in [0.29, 0.717) is 22.0 Å². The molecule has 2 aromatic rings. The van der Waals surface area contributed by atoms with Gasteiger partial charge < -0.3 is 15.4 Å². The maximum Gasteiger partial charge on any atom is 0.255 e. The van der Waals surface area contributed by atoms with Gasteiger partial charge >= 0.3 is 0 Å². The van der Waals surface area contributed by atoms with Gasteiger partial charge in [0.1, 0.15) is 5.75 Å². The van der Waals surface area contributed by atoms with Gasteiger partial charge in [-0.3, -0.25) is 4.79 Å². The Labute approximate surface area is 160 Å². The maximum absolute atomic E-state index is 12.6. The van der Waals surface area contributed by atoms with Crippen molar-refractivity contribution >= 4 is 51.5 Å². The smallest absolute Gasteiger partial charge is 0.255 e. The third-order valence-corrected chi connectivity index (χ3v) is 4.83. The molecule has 0 saturated carbocycles. The summed E-state index contributed by atoms with van der Waals surface area (Å²) in [5, 5.41) is 6.91. The Hall–Kier alpha value is -1.47. The molecule has 0 aliphatic carbocycles. The van der Waals surface area contributed by atoms with Gasteiger partial charge in [0.2, 0.25) is 0 Å². The Balaban J connectivity index is 1.91. The highest BCUT2D eigenvalue weighted by atomic mass is 127. The van der Waals surface area contributed by atoms with Crippen LogP contribution in [-0.2, 0) is 6.42 Å². The number of fused-ring (bicyclic) bond motifs is 1. The van der Waals surface area contributed by atoms with E-state index in [-0.39, 0.29) is 5.91 Å². The van der Waals surface area contributed by atoms with Crippen LogP contribution in [-0.4, -0.2) is 19.6 Å². The highest BCUT2D eigenvalue weighted by molar-refractivity contribution is 14.1. The van der Waals surface area contributed by atoms with E-state index in [0.717, 1.165) is 35.1 Å². The SMILES string of the molecule is COc1cc2c(cc1NC(=O)c1cc(Cl)cc(I)c1)CCCCN2. The summed E-state index contributed by atoms with van der Waals surface area (Å²) in [4.78, 5) is 12.6. The third-order valence-electron chi connectivity index (χ3n) is 3.99. The second kappa shape index (κ2) is 7.61. The van der Waals surface area contributed by atoms with Gasteiger partial charge in [0.15, 0.2) is 0 Å². The molecular formula is C18H18ClIN2O2. The summed E-state index contributed by atoms with van der Waals surface area (Å²) in [5.74, 6) is 0.448. The van der Waals surface area contributed by atoms with Gasteiger partial charge in [-0.2, -0.15) is 0 Å². The summed E-state index contributed by atoms with van der Waals surface area (Å²) in [7, 11) is 1.61. The normalized spacial score (nSPS) is 13.5. The highest BCUT2D eigenvalue weighted by Crippen LogP contribution is 2.34. The average Bonchev–Trinajstić information content (AvgIpc) is 2.77. The zero-order chi connectivity index (χ0) is 17.1. The van der Waals surface area contributed by atoms with Crippen LogP contribution in [0.15, 0.2) is 30.3 Å². The van der Waals surface area contributed by atoms with E-state index < -0.39 is 0 Å². The molecule has 24 heavy (non-hydrogen) atoms. The number of carbonyl (C=O) groups excluding carboxylic acids is 1. The average molecular weight is 457 g/mol. The Bertz CT molecular complexity index is 760. The number of hydrogen-bond donors (Lipinski definition) is 2. The number of rotatable bonds is 3. The summed E-state index contributed by atoms with van der Waals surface area (Å²) in [6.07, 6.45) is 3.26. The minimum atomic E-state index is -0.199. The van der Waals surface area contributed by atoms with Gasteiger partial charge in [-0.05, 0) is 71.7 Å². The molecule has 0 spiro atoms. The minimum absolute atomic E-state index is 0.199. The monoisotopic (exact) mass is 456 g/mol. The number of carbonyl (C=O) groups is 1. The lowest BCUT2D eigenvalue weighted by Crippen LogP contribution is -2.13. The van der Waals surface area contributed by atoms with E-state index >= 15 is 0 Å². The second-order valence-electron chi connectivity index (χ2n) is 5.71. The number of anilines is 2. The van der Waals surface area contributed by atoms with Gasteiger partial charge in [0.25, 0.3) is 5.91 Å². The molecule has 0 unspecified atom stereocenters. The van der Waals surface area contributed by atoms with Gasteiger partial charge in [-0.25, -0.2) is 0 Å². The van der Waals surface area contributed by atoms with Crippen LogP contribution < -0.4 is 15.4 Å². The zero-order valence-corrected chi connectivity index (χ0v) is 16.2. The molecule has 6 heteroatoms. The molecular weight excluding hydrogens is 439 g/mol. The van der Waals surface area contributed by atoms with Crippen LogP contribution in [0.4, 0.5) is 11.4 Å². The predicted octanol–water partition coefficient (Wildman–Crippen LogP) is 4.95. The van der Waals surface area contributed by atoms with Crippen molar-refractivity contribution in [3.8, 4) is 5.75 Å². The number of hydrogen-bond acceptors (Lipinski definition) is 3. The quantitative estimate of drug-likeness (QED) is 0.642. The van der Waals surface area contributed by atoms with Crippen LogP contribution >= 0.6 is 34.2 Å². The summed E-state index contributed by atoms with van der Waals surface area (Å²) >= 11 is 8.20. The number of aryl methyl sites for hydroxylation is 1. The number of nitrogens with one attached hydrogen (secondary N) is 2. The first-order valence-corrected chi connectivity index (χ1v) is 9.25. The second-order valence-corrected chi connectivity index (χ2v) is 7.39. The first-order valence-electron chi connectivity index (χ1n) is 7.79. The molecule has 1 aliphatic heterocycles. The van der Waals surface area contributed by atoms with Gasteiger partial charge in [-0.1, -0.05) is 11.6 Å². The fourth-order valence-corrected chi connectivity index (χ4v) is 3.90. The third kappa shape index (κ3) is 3.95. The van der Waals surface area contributed by atoms with E-state index in [4.69, 9.17) is 16.3 Å². The molecule has 0 fully saturated rings. The molecule has 2 aromatic carbocycles. The van der Waals surface area contributed by atoms with Crippen LogP contribution in [0.5, 0.6) is 5.75 Å². The van der Waals surface area contributed by atoms with Crippen molar-refractivity contribution in [1.82, 2.24) is 0 Å². The van der Waals surface area contributed by atoms with Gasteiger partial charge in [0, 0.05) is 32.5 Å². The van der Waals surface area contributed by atoms with Crippen molar-refractivity contribution in [2.24, 2.45) is 0 Å². The molecule has 0 atom stereocenters. The topological polar surface area (TPSA) is 50.4 Å². The molecule has 0 bridgehead atoms. The van der Waals surface area contributed by atoms with Crippen LogP contribution in [0.25, 0.3) is 0 Å². The van der Waals surface area contributed by atoms with Crippen LogP contribution in [0.2, 0.25) is 5.02 Å². The molecule has 0 aromatic heterocycles.